The molecule has 2 unspecified atom stereocenters. The molecule has 5 nitrogen and oxygen atoms in total. The van der Waals surface area contributed by atoms with Crippen LogP contribution in [-0.4, -0.2) is 32.2 Å². The van der Waals surface area contributed by atoms with Crippen LogP contribution in [0.5, 0.6) is 11.5 Å². The van der Waals surface area contributed by atoms with E-state index in [1.54, 1.807) is 14.2 Å². The lowest BCUT2D eigenvalue weighted by Crippen LogP contribution is -2.53. The van der Waals surface area contributed by atoms with Crippen LogP contribution < -0.4 is 20.5 Å². The van der Waals surface area contributed by atoms with Gasteiger partial charge in [0.15, 0.2) is 11.5 Å². The number of hydrogen-bond donors (Lipinski definition) is 2. The Hall–Kier alpha value is -1.75. The van der Waals surface area contributed by atoms with Gasteiger partial charge in [-0.3, -0.25) is 4.79 Å². The third-order valence-corrected chi connectivity index (χ3v) is 5.79. The summed E-state index contributed by atoms with van der Waals surface area (Å²) >= 11 is 0. The van der Waals surface area contributed by atoms with Crippen molar-refractivity contribution in [3.63, 3.8) is 0 Å². The zero-order valence-electron chi connectivity index (χ0n) is 15.3. The van der Waals surface area contributed by atoms with Crippen LogP contribution in [0.25, 0.3) is 0 Å². The minimum Gasteiger partial charge on any atom is -0.493 e. The van der Waals surface area contributed by atoms with Gasteiger partial charge in [-0.2, -0.15) is 0 Å². The molecule has 2 fully saturated rings. The first-order chi connectivity index (χ1) is 12.1. The van der Waals surface area contributed by atoms with Crippen molar-refractivity contribution in [3.05, 3.63) is 23.8 Å². The zero-order valence-corrected chi connectivity index (χ0v) is 15.3. The van der Waals surface area contributed by atoms with E-state index in [1.807, 2.05) is 18.2 Å². The predicted octanol–water partition coefficient (Wildman–Crippen LogP) is 2.66. The number of methoxy groups -OCH3 is 2. The minimum atomic E-state index is 0.146. The Morgan fingerprint density at radius 1 is 1.16 bits per heavy atom. The van der Waals surface area contributed by atoms with Gasteiger partial charge in [-0.1, -0.05) is 12.5 Å². The molecule has 1 amide bonds. The third-order valence-electron chi connectivity index (χ3n) is 5.79. The van der Waals surface area contributed by atoms with Crippen LogP contribution in [0.4, 0.5) is 0 Å². The summed E-state index contributed by atoms with van der Waals surface area (Å²) in [7, 11) is 3.25. The summed E-state index contributed by atoms with van der Waals surface area (Å²) in [5.74, 6) is 2.69. The van der Waals surface area contributed by atoms with Gasteiger partial charge in [0.2, 0.25) is 5.91 Å². The summed E-state index contributed by atoms with van der Waals surface area (Å²) in [5.41, 5.74) is 7.25. The number of amides is 1. The van der Waals surface area contributed by atoms with Crippen molar-refractivity contribution in [1.82, 2.24) is 5.32 Å². The van der Waals surface area contributed by atoms with Gasteiger partial charge in [0.1, 0.15) is 0 Å². The van der Waals surface area contributed by atoms with E-state index >= 15 is 0 Å². The Balaban J connectivity index is 1.55. The molecule has 0 spiro atoms. The Labute approximate surface area is 150 Å². The molecule has 0 aromatic heterocycles. The number of nitrogens with two attached hydrogens (primary N) is 1. The summed E-state index contributed by atoms with van der Waals surface area (Å²) in [6.45, 7) is 0. The zero-order chi connectivity index (χ0) is 17.8. The molecule has 0 radical (unpaired) electrons. The van der Waals surface area contributed by atoms with Crippen LogP contribution in [-0.2, 0) is 11.2 Å². The van der Waals surface area contributed by atoms with Crippen molar-refractivity contribution < 1.29 is 14.3 Å². The number of carbonyl (C=O) groups is 1. The molecule has 3 N–H and O–H groups in total. The first-order valence-electron chi connectivity index (χ1n) is 9.36. The maximum Gasteiger partial charge on any atom is 0.220 e. The van der Waals surface area contributed by atoms with Crippen molar-refractivity contribution in [2.24, 2.45) is 17.6 Å². The van der Waals surface area contributed by atoms with E-state index in [1.165, 1.54) is 19.3 Å². The molecule has 0 saturated heterocycles. The van der Waals surface area contributed by atoms with Gasteiger partial charge in [0, 0.05) is 18.5 Å². The van der Waals surface area contributed by atoms with E-state index in [9.17, 15) is 4.79 Å². The van der Waals surface area contributed by atoms with Gasteiger partial charge in [-0.05, 0) is 61.6 Å². The molecule has 0 aliphatic heterocycles. The third kappa shape index (κ3) is 4.27. The lowest BCUT2D eigenvalue weighted by Gasteiger charge is -2.45. The van der Waals surface area contributed by atoms with Crippen molar-refractivity contribution in [2.75, 3.05) is 14.2 Å². The summed E-state index contributed by atoms with van der Waals surface area (Å²) < 4.78 is 10.6. The topological polar surface area (TPSA) is 73.6 Å². The summed E-state index contributed by atoms with van der Waals surface area (Å²) in [6.07, 6.45) is 6.98. The minimum absolute atomic E-state index is 0.146. The average molecular weight is 346 g/mol. The molecule has 2 atom stereocenters. The first kappa shape index (κ1) is 18.1. The molecule has 138 valence electrons. The average Bonchev–Trinajstić information content (AvgIpc) is 2.60. The summed E-state index contributed by atoms with van der Waals surface area (Å²) in [6, 6.07) is 6.46. The van der Waals surface area contributed by atoms with Gasteiger partial charge in [-0.15, -0.1) is 0 Å². The Bertz CT molecular complexity index is 591. The highest BCUT2D eigenvalue weighted by Gasteiger charge is 2.39. The number of ether oxygens (including phenoxy) is 2. The lowest BCUT2D eigenvalue weighted by molar-refractivity contribution is -0.123. The molecule has 3 rings (SSSR count). The van der Waals surface area contributed by atoms with Crippen molar-refractivity contribution in [3.8, 4) is 11.5 Å². The van der Waals surface area contributed by atoms with Gasteiger partial charge in [0.05, 0.1) is 14.2 Å². The number of carbonyl (C=O) groups excluding carboxylic acids is 1. The fraction of sp³-hybridized carbons (Fsp3) is 0.650. The second-order valence-electron chi connectivity index (χ2n) is 7.47. The second-order valence-corrected chi connectivity index (χ2v) is 7.47. The number of aryl methyl sites for hydroxylation is 1. The number of benzene rings is 1. The van der Waals surface area contributed by atoms with E-state index in [2.05, 4.69) is 5.32 Å². The largest absolute Gasteiger partial charge is 0.493 e. The highest BCUT2D eigenvalue weighted by molar-refractivity contribution is 5.76. The van der Waals surface area contributed by atoms with Crippen molar-refractivity contribution in [2.45, 2.75) is 57.0 Å². The molecule has 1 aromatic rings. The van der Waals surface area contributed by atoms with Crippen molar-refractivity contribution in [1.29, 1.82) is 0 Å². The maximum atomic E-state index is 12.5. The molecule has 0 heterocycles. The Kier molecular flexibility index (Phi) is 5.84. The van der Waals surface area contributed by atoms with Gasteiger partial charge < -0.3 is 20.5 Å². The van der Waals surface area contributed by atoms with E-state index in [0.717, 1.165) is 18.4 Å². The fourth-order valence-electron chi connectivity index (χ4n) is 4.58. The highest BCUT2D eigenvalue weighted by atomic mass is 16.5. The molecule has 5 heteroatoms. The predicted molar refractivity (Wildman–Crippen MR) is 97.8 cm³/mol. The van der Waals surface area contributed by atoms with Crippen LogP contribution >= 0.6 is 0 Å². The number of fused-ring (bicyclic) bond motifs is 2. The first-order valence-corrected chi connectivity index (χ1v) is 9.36. The summed E-state index contributed by atoms with van der Waals surface area (Å²) in [5, 5.41) is 3.31. The summed E-state index contributed by atoms with van der Waals surface area (Å²) in [4.78, 5) is 12.5. The lowest BCUT2D eigenvalue weighted by atomic mass is 9.67. The van der Waals surface area contributed by atoms with Crippen LogP contribution in [0, 0.1) is 11.8 Å². The van der Waals surface area contributed by atoms with E-state index in [-0.39, 0.29) is 5.91 Å². The Morgan fingerprint density at radius 3 is 2.48 bits per heavy atom. The van der Waals surface area contributed by atoms with Crippen LogP contribution in [0.3, 0.4) is 0 Å². The molecule has 2 saturated carbocycles. The Morgan fingerprint density at radius 2 is 1.84 bits per heavy atom. The van der Waals surface area contributed by atoms with Crippen molar-refractivity contribution >= 4 is 5.91 Å². The van der Waals surface area contributed by atoms with Gasteiger partial charge >= 0.3 is 0 Å². The van der Waals surface area contributed by atoms with Gasteiger partial charge in [0.25, 0.3) is 0 Å². The quantitative estimate of drug-likeness (QED) is 0.830. The number of hydrogen-bond acceptors (Lipinski definition) is 4. The number of nitrogens with one attached hydrogen (secondary N) is 1. The van der Waals surface area contributed by atoms with Crippen LogP contribution in [0.2, 0.25) is 0 Å². The number of rotatable bonds is 6. The molecule has 2 aliphatic rings. The molecular weight excluding hydrogens is 316 g/mol. The second kappa shape index (κ2) is 8.09. The SMILES string of the molecule is COc1ccc(CCC(=O)NC2C3CCCC2CC(N)C3)cc1OC. The fourth-order valence-corrected chi connectivity index (χ4v) is 4.58. The van der Waals surface area contributed by atoms with Crippen LogP contribution in [0.1, 0.15) is 44.1 Å². The maximum absolute atomic E-state index is 12.5. The van der Waals surface area contributed by atoms with Crippen LogP contribution in [0.15, 0.2) is 18.2 Å². The molecular formula is C20H30N2O3. The molecule has 2 bridgehead atoms. The van der Waals surface area contributed by atoms with E-state index in [0.29, 0.717) is 48.3 Å². The highest BCUT2D eigenvalue weighted by Crippen LogP contribution is 2.39. The molecule has 25 heavy (non-hydrogen) atoms. The van der Waals surface area contributed by atoms with Gasteiger partial charge in [-0.25, -0.2) is 0 Å². The van der Waals surface area contributed by atoms with E-state index in [4.69, 9.17) is 15.2 Å². The normalized spacial score (nSPS) is 28.3. The monoisotopic (exact) mass is 346 g/mol. The molecule has 2 aliphatic carbocycles. The molecule has 1 aromatic carbocycles. The smallest absolute Gasteiger partial charge is 0.220 e. The standard InChI is InChI=1S/C20H30N2O3/c1-24-17-8-6-13(10-18(17)25-2)7-9-19(23)22-20-14-4-3-5-15(20)12-16(21)11-14/h6,8,10,14-16,20H,3-5,7,9,11-12,21H2,1-2H3,(H,22,23). The van der Waals surface area contributed by atoms with E-state index < -0.39 is 0 Å².